The molecule has 142 valence electrons. The molecule has 0 radical (unpaired) electrons. The Bertz CT molecular complexity index is 788. The van der Waals surface area contributed by atoms with Gasteiger partial charge in [0.05, 0.1) is 6.54 Å². The van der Waals surface area contributed by atoms with Crippen LogP contribution in [0.25, 0.3) is 0 Å². The van der Waals surface area contributed by atoms with Gasteiger partial charge in [0.2, 0.25) is 5.91 Å². The molecule has 0 unspecified atom stereocenters. The third-order valence-corrected chi connectivity index (χ3v) is 4.77. The van der Waals surface area contributed by atoms with E-state index in [-0.39, 0.29) is 17.6 Å². The second kappa shape index (κ2) is 8.97. The minimum absolute atomic E-state index is 0.0525. The largest absolute Gasteiger partial charge is 0.351 e. The molecule has 1 heterocycles. The van der Waals surface area contributed by atoms with Gasteiger partial charge in [-0.1, -0.05) is 23.7 Å². The first-order valence-electron chi connectivity index (χ1n) is 8.79. The van der Waals surface area contributed by atoms with E-state index in [4.69, 9.17) is 11.6 Å². The zero-order valence-corrected chi connectivity index (χ0v) is 15.6. The highest BCUT2D eigenvalue weighted by Crippen LogP contribution is 2.11. The van der Waals surface area contributed by atoms with E-state index in [0.29, 0.717) is 49.9 Å². The number of nitrogens with zero attached hydrogens (tertiary/aromatic N) is 2. The van der Waals surface area contributed by atoms with Gasteiger partial charge in [-0.3, -0.25) is 14.5 Å². The van der Waals surface area contributed by atoms with Gasteiger partial charge in [-0.2, -0.15) is 0 Å². The average molecular weight is 390 g/mol. The number of halogens is 2. The second-order valence-corrected chi connectivity index (χ2v) is 6.91. The van der Waals surface area contributed by atoms with Crippen molar-refractivity contribution in [3.8, 4) is 0 Å². The highest BCUT2D eigenvalue weighted by atomic mass is 35.5. The molecule has 27 heavy (non-hydrogen) atoms. The SMILES string of the molecule is O=C(CN1CCN(C(=O)c2ccc(F)cc2)CC1)NCc1ccc(Cl)cc1. The summed E-state index contributed by atoms with van der Waals surface area (Å²) < 4.78 is 13.0. The Hall–Kier alpha value is -2.44. The summed E-state index contributed by atoms with van der Waals surface area (Å²) in [5, 5.41) is 3.56. The number of nitrogens with one attached hydrogen (secondary N) is 1. The molecule has 3 rings (SSSR count). The van der Waals surface area contributed by atoms with E-state index >= 15 is 0 Å². The van der Waals surface area contributed by atoms with E-state index in [0.717, 1.165) is 5.56 Å². The van der Waals surface area contributed by atoms with Gasteiger partial charge >= 0.3 is 0 Å². The van der Waals surface area contributed by atoms with E-state index in [1.807, 2.05) is 17.0 Å². The minimum Gasteiger partial charge on any atom is -0.351 e. The minimum atomic E-state index is -0.360. The molecule has 0 bridgehead atoms. The van der Waals surface area contributed by atoms with Crippen molar-refractivity contribution in [3.63, 3.8) is 0 Å². The van der Waals surface area contributed by atoms with Crippen LogP contribution in [0.1, 0.15) is 15.9 Å². The molecule has 7 heteroatoms. The van der Waals surface area contributed by atoms with Gasteiger partial charge in [0.25, 0.3) is 5.91 Å². The third kappa shape index (κ3) is 5.52. The van der Waals surface area contributed by atoms with Gasteiger partial charge in [-0.15, -0.1) is 0 Å². The van der Waals surface area contributed by atoms with Gasteiger partial charge in [0.15, 0.2) is 0 Å². The van der Waals surface area contributed by atoms with Crippen molar-refractivity contribution in [1.29, 1.82) is 0 Å². The molecular formula is C20H21ClFN3O2. The fourth-order valence-corrected chi connectivity index (χ4v) is 3.07. The summed E-state index contributed by atoms with van der Waals surface area (Å²) in [6, 6.07) is 12.9. The Morgan fingerprint density at radius 1 is 0.963 bits per heavy atom. The Kier molecular flexibility index (Phi) is 6.42. The number of hydrogen-bond donors (Lipinski definition) is 1. The molecule has 1 saturated heterocycles. The lowest BCUT2D eigenvalue weighted by Gasteiger charge is -2.34. The van der Waals surface area contributed by atoms with E-state index in [1.54, 1.807) is 17.0 Å². The van der Waals surface area contributed by atoms with Crippen molar-refractivity contribution in [2.24, 2.45) is 0 Å². The molecule has 1 aliphatic heterocycles. The molecule has 2 aromatic rings. The fourth-order valence-electron chi connectivity index (χ4n) is 2.95. The highest BCUT2D eigenvalue weighted by Gasteiger charge is 2.23. The summed E-state index contributed by atoms with van der Waals surface area (Å²) in [7, 11) is 0. The summed E-state index contributed by atoms with van der Waals surface area (Å²) in [4.78, 5) is 28.3. The molecule has 5 nitrogen and oxygen atoms in total. The van der Waals surface area contributed by atoms with Crippen LogP contribution in [-0.2, 0) is 11.3 Å². The molecule has 1 aliphatic rings. The lowest BCUT2D eigenvalue weighted by Crippen LogP contribution is -2.51. The molecule has 0 saturated carbocycles. The molecular weight excluding hydrogens is 369 g/mol. The van der Waals surface area contributed by atoms with Crippen molar-refractivity contribution in [3.05, 3.63) is 70.5 Å². The maximum atomic E-state index is 13.0. The summed E-state index contributed by atoms with van der Waals surface area (Å²) in [5.74, 6) is -0.522. The molecule has 1 N–H and O–H groups in total. The van der Waals surface area contributed by atoms with Crippen molar-refractivity contribution in [2.75, 3.05) is 32.7 Å². The Morgan fingerprint density at radius 3 is 2.22 bits per heavy atom. The number of rotatable bonds is 5. The lowest BCUT2D eigenvalue weighted by molar-refractivity contribution is -0.122. The fraction of sp³-hybridized carbons (Fsp3) is 0.300. The van der Waals surface area contributed by atoms with E-state index in [1.165, 1.54) is 24.3 Å². The maximum absolute atomic E-state index is 13.0. The van der Waals surface area contributed by atoms with Crippen LogP contribution >= 0.6 is 11.6 Å². The van der Waals surface area contributed by atoms with Crippen LogP contribution in [0.4, 0.5) is 4.39 Å². The van der Waals surface area contributed by atoms with Crippen LogP contribution < -0.4 is 5.32 Å². The quantitative estimate of drug-likeness (QED) is 0.855. The van der Waals surface area contributed by atoms with Crippen LogP contribution in [0.3, 0.4) is 0 Å². The molecule has 1 fully saturated rings. The lowest BCUT2D eigenvalue weighted by atomic mass is 10.2. The number of hydrogen-bond acceptors (Lipinski definition) is 3. The van der Waals surface area contributed by atoms with E-state index in [9.17, 15) is 14.0 Å². The number of carbonyl (C=O) groups excluding carboxylic acids is 2. The number of carbonyl (C=O) groups is 2. The second-order valence-electron chi connectivity index (χ2n) is 6.48. The summed E-state index contributed by atoms with van der Waals surface area (Å²) >= 11 is 5.84. The first kappa shape index (κ1) is 19.3. The van der Waals surface area contributed by atoms with Crippen LogP contribution in [-0.4, -0.2) is 54.3 Å². The van der Waals surface area contributed by atoms with Crippen molar-refractivity contribution in [1.82, 2.24) is 15.1 Å². The van der Waals surface area contributed by atoms with Crippen LogP contribution in [0, 0.1) is 5.82 Å². The standard InChI is InChI=1S/C20H21ClFN3O2/c21-17-5-1-15(2-6-17)13-23-19(26)14-24-9-11-25(12-10-24)20(27)16-3-7-18(22)8-4-16/h1-8H,9-14H2,(H,23,26). The van der Waals surface area contributed by atoms with Crippen molar-refractivity contribution in [2.45, 2.75) is 6.54 Å². The first-order chi connectivity index (χ1) is 13.0. The average Bonchev–Trinajstić information content (AvgIpc) is 2.68. The van der Waals surface area contributed by atoms with Crippen molar-refractivity contribution < 1.29 is 14.0 Å². The van der Waals surface area contributed by atoms with Crippen LogP contribution in [0.2, 0.25) is 5.02 Å². The molecule has 0 spiro atoms. The molecule has 2 aromatic carbocycles. The Morgan fingerprint density at radius 2 is 1.59 bits per heavy atom. The van der Waals surface area contributed by atoms with Gasteiger partial charge < -0.3 is 10.2 Å². The molecule has 0 aliphatic carbocycles. The maximum Gasteiger partial charge on any atom is 0.253 e. The van der Waals surface area contributed by atoms with Gasteiger partial charge in [0, 0.05) is 43.3 Å². The Labute approximate surface area is 162 Å². The van der Waals surface area contributed by atoms with Gasteiger partial charge in [-0.05, 0) is 42.0 Å². The van der Waals surface area contributed by atoms with Crippen molar-refractivity contribution >= 4 is 23.4 Å². The van der Waals surface area contributed by atoms with Gasteiger partial charge in [-0.25, -0.2) is 4.39 Å². The zero-order chi connectivity index (χ0) is 19.2. The zero-order valence-electron chi connectivity index (χ0n) is 14.8. The number of benzene rings is 2. The summed E-state index contributed by atoms with van der Waals surface area (Å²) in [5.41, 5.74) is 1.47. The smallest absolute Gasteiger partial charge is 0.253 e. The van der Waals surface area contributed by atoms with Gasteiger partial charge in [0.1, 0.15) is 5.82 Å². The topological polar surface area (TPSA) is 52.7 Å². The first-order valence-corrected chi connectivity index (χ1v) is 9.17. The van der Waals surface area contributed by atoms with Crippen LogP contribution in [0.15, 0.2) is 48.5 Å². The summed E-state index contributed by atoms with van der Waals surface area (Å²) in [6.45, 7) is 3.09. The molecule has 0 aromatic heterocycles. The highest BCUT2D eigenvalue weighted by molar-refractivity contribution is 6.30. The Balaban J connectivity index is 1.42. The van der Waals surface area contributed by atoms with E-state index < -0.39 is 0 Å². The van der Waals surface area contributed by atoms with E-state index in [2.05, 4.69) is 5.32 Å². The van der Waals surface area contributed by atoms with Crippen LogP contribution in [0.5, 0.6) is 0 Å². The molecule has 0 atom stereocenters. The summed E-state index contributed by atoms with van der Waals surface area (Å²) in [6.07, 6.45) is 0. The number of piperazine rings is 1. The monoisotopic (exact) mass is 389 g/mol. The number of amides is 2. The molecule has 2 amide bonds. The predicted molar refractivity (Wildman–Crippen MR) is 102 cm³/mol. The normalized spacial score (nSPS) is 14.8. The third-order valence-electron chi connectivity index (χ3n) is 4.52. The predicted octanol–water partition coefficient (Wildman–Crippen LogP) is 2.55.